The Balaban J connectivity index is 1.20. The lowest BCUT2D eigenvalue weighted by atomic mass is 10.0. The van der Waals surface area contributed by atoms with Gasteiger partial charge < -0.3 is 9.09 Å². The molecule has 0 aliphatic heterocycles. The second-order valence-corrected chi connectivity index (χ2v) is 8.36. The molecule has 2 aliphatic rings. The molecular weight excluding hydrogens is 404 g/mol. The molecule has 30 heavy (non-hydrogen) atoms. The molecule has 3 unspecified atom stereocenters. The summed E-state index contributed by atoms with van der Waals surface area (Å²) < 4.78 is 8.56. The molecule has 1 saturated carbocycles. The zero-order chi connectivity index (χ0) is 20.4. The molecule has 3 heterocycles. The van der Waals surface area contributed by atoms with Crippen molar-refractivity contribution in [2.24, 2.45) is 18.9 Å². The van der Waals surface area contributed by atoms with E-state index >= 15 is 0 Å². The molecule has 4 aromatic rings. The van der Waals surface area contributed by atoms with Crippen LogP contribution in [0, 0.1) is 11.8 Å². The Labute approximate surface area is 175 Å². The van der Waals surface area contributed by atoms with Crippen molar-refractivity contribution in [3.8, 4) is 0 Å². The number of imidazole rings is 1. The highest BCUT2D eigenvalue weighted by Gasteiger charge is 2.55. The van der Waals surface area contributed by atoms with Gasteiger partial charge in [-0.05, 0) is 41.5 Å². The van der Waals surface area contributed by atoms with Crippen LogP contribution < -0.4 is 5.56 Å². The van der Waals surface area contributed by atoms with Crippen molar-refractivity contribution in [1.29, 1.82) is 0 Å². The Morgan fingerprint density at radius 1 is 1.20 bits per heavy atom. The first kappa shape index (κ1) is 17.6. The van der Waals surface area contributed by atoms with Gasteiger partial charge in [0.15, 0.2) is 17.0 Å². The average Bonchev–Trinajstić information content (AvgIpc) is 3.16. The van der Waals surface area contributed by atoms with E-state index in [0.717, 1.165) is 11.4 Å². The van der Waals surface area contributed by atoms with E-state index in [4.69, 9.17) is 16.1 Å². The van der Waals surface area contributed by atoms with Crippen LogP contribution in [0.5, 0.6) is 0 Å². The van der Waals surface area contributed by atoms with E-state index in [2.05, 4.69) is 38.3 Å². The third-order valence-corrected chi connectivity index (χ3v) is 6.33. The van der Waals surface area contributed by atoms with E-state index in [0.29, 0.717) is 34.7 Å². The molecule has 0 spiro atoms. The lowest BCUT2D eigenvalue weighted by Gasteiger charge is -2.05. The van der Waals surface area contributed by atoms with Crippen LogP contribution in [0.3, 0.4) is 0 Å². The molecule has 1 fully saturated rings. The lowest BCUT2D eigenvalue weighted by molar-refractivity contribution is 0.364. The summed E-state index contributed by atoms with van der Waals surface area (Å²) in [5.74, 6) is 2.36. The maximum Gasteiger partial charge on any atom is 0.280 e. The third-order valence-electron chi connectivity index (χ3n) is 6.08. The molecule has 8 nitrogen and oxygen atoms in total. The highest BCUT2D eigenvalue weighted by Crippen LogP contribution is 2.62. The Bertz CT molecular complexity index is 1370. The highest BCUT2D eigenvalue weighted by molar-refractivity contribution is 6.30. The van der Waals surface area contributed by atoms with Crippen LogP contribution in [0.4, 0.5) is 0 Å². The van der Waals surface area contributed by atoms with Crippen molar-refractivity contribution in [1.82, 2.24) is 29.2 Å². The van der Waals surface area contributed by atoms with Crippen molar-refractivity contribution < 1.29 is 4.52 Å². The van der Waals surface area contributed by atoms with Gasteiger partial charge in [0.1, 0.15) is 12.9 Å². The molecule has 0 radical (unpaired) electrons. The molecule has 1 aromatic carbocycles. The van der Waals surface area contributed by atoms with Crippen LogP contribution >= 0.6 is 11.6 Å². The number of benzene rings is 1. The van der Waals surface area contributed by atoms with Gasteiger partial charge >= 0.3 is 0 Å². The molecule has 3 atom stereocenters. The first-order valence-corrected chi connectivity index (χ1v) is 10.1. The molecule has 9 heteroatoms. The molecular formula is C21H17ClN6O2. The normalized spacial score (nSPS) is 22.3. The summed E-state index contributed by atoms with van der Waals surface area (Å²) >= 11 is 5.98. The van der Waals surface area contributed by atoms with Gasteiger partial charge in [-0.2, -0.15) is 4.98 Å². The van der Waals surface area contributed by atoms with E-state index in [-0.39, 0.29) is 18.0 Å². The van der Waals surface area contributed by atoms with E-state index in [9.17, 15) is 4.79 Å². The molecule has 0 N–H and O–H groups in total. The Morgan fingerprint density at radius 3 is 2.77 bits per heavy atom. The number of nitrogens with zero attached hydrogens (tertiary/aromatic N) is 6. The molecule has 2 aliphatic carbocycles. The molecule has 0 bridgehead atoms. The summed E-state index contributed by atoms with van der Waals surface area (Å²) in [7, 11) is 1.77. The maximum absolute atomic E-state index is 12.7. The number of aryl methyl sites for hydroxylation is 1. The van der Waals surface area contributed by atoms with Crippen LogP contribution in [-0.4, -0.2) is 29.2 Å². The zero-order valence-electron chi connectivity index (χ0n) is 16.1. The van der Waals surface area contributed by atoms with Gasteiger partial charge in [-0.15, -0.1) is 0 Å². The van der Waals surface area contributed by atoms with Gasteiger partial charge in [0.05, 0.1) is 6.33 Å². The summed E-state index contributed by atoms with van der Waals surface area (Å²) in [6.45, 7) is 0.188. The first-order valence-electron chi connectivity index (χ1n) is 9.74. The van der Waals surface area contributed by atoms with Gasteiger partial charge in [0, 0.05) is 18.0 Å². The van der Waals surface area contributed by atoms with Crippen LogP contribution in [0.15, 0.2) is 52.3 Å². The smallest absolute Gasteiger partial charge is 0.280 e. The first-order chi connectivity index (χ1) is 14.6. The fraction of sp³-hybridized carbons (Fsp3) is 0.286. The molecule has 0 saturated heterocycles. The third kappa shape index (κ3) is 2.71. The predicted molar refractivity (Wildman–Crippen MR) is 110 cm³/mol. The van der Waals surface area contributed by atoms with Crippen molar-refractivity contribution >= 4 is 28.3 Å². The summed E-state index contributed by atoms with van der Waals surface area (Å²) in [5, 5.41) is 4.93. The van der Waals surface area contributed by atoms with Crippen molar-refractivity contribution in [3.63, 3.8) is 0 Å². The number of hydrogen-bond donors (Lipinski definition) is 0. The summed E-state index contributed by atoms with van der Waals surface area (Å²) in [6, 6.07) is 7.96. The fourth-order valence-electron chi connectivity index (χ4n) is 4.48. The van der Waals surface area contributed by atoms with E-state index in [1.165, 1.54) is 22.0 Å². The zero-order valence-corrected chi connectivity index (χ0v) is 16.8. The Hall–Kier alpha value is -3.26. The number of rotatable bonds is 4. The van der Waals surface area contributed by atoms with Gasteiger partial charge in [-0.1, -0.05) is 35.0 Å². The minimum Gasteiger partial charge on any atom is -0.337 e. The SMILES string of the molecule is Cn1cnc2ncn(Cc3nc(C4C5C=C(c6ccc(Cl)cc6)CC54)no3)c(=O)c21. The lowest BCUT2D eigenvalue weighted by Crippen LogP contribution is -2.22. The van der Waals surface area contributed by atoms with Crippen LogP contribution in [0.1, 0.15) is 29.6 Å². The van der Waals surface area contributed by atoms with Crippen molar-refractivity contribution in [2.45, 2.75) is 18.9 Å². The molecule has 6 rings (SSSR count). The maximum atomic E-state index is 12.7. The summed E-state index contributed by atoms with van der Waals surface area (Å²) in [5.41, 5.74) is 3.27. The molecule has 0 amide bonds. The van der Waals surface area contributed by atoms with Crippen LogP contribution in [0.25, 0.3) is 16.7 Å². The Kier molecular flexibility index (Phi) is 3.73. The van der Waals surface area contributed by atoms with Crippen molar-refractivity contribution in [3.05, 3.63) is 75.7 Å². The van der Waals surface area contributed by atoms with Crippen LogP contribution in [0.2, 0.25) is 5.02 Å². The van der Waals surface area contributed by atoms with E-state index < -0.39 is 0 Å². The summed E-state index contributed by atoms with van der Waals surface area (Å²) in [6.07, 6.45) is 6.36. The quantitative estimate of drug-likeness (QED) is 0.504. The minimum absolute atomic E-state index is 0.182. The van der Waals surface area contributed by atoms with Gasteiger partial charge in [0.25, 0.3) is 5.56 Å². The van der Waals surface area contributed by atoms with E-state index in [1.807, 2.05) is 12.1 Å². The van der Waals surface area contributed by atoms with E-state index in [1.54, 1.807) is 17.9 Å². The van der Waals surface area contributed by atoms with Crippen LogP contribution in [-0.2, 0) is 13.6 Å². The number of allylic oxidation sites excluding steroid dienone is 2. The topological polar surface area (TPSA) is 91.6 Å². The van der Waals surface area contributed by atoms with Crippen molar-refractivity contribution in [2.75, 3.05) is 0 Å². The number of aromatic nitrogens is 6. The number of fused-ring (bicyclic) bond motifs is 2. The second-order valence-electron chi connectivity index (χ2n) is 7.92. The minimum atomic E-state index is -0.182. The predicted octanol–water partition coefficient (Wildman–Crippen LogP) is 3.03. The van der Waals surface area contributed by atoms with Gasteiger partial charge in [0.2, 0.25) is 5.89 Å². The van der Waals surface area contributed by atoms with Gasteiger partial charge in [-0.3, -0.25) is 9.36 Å². The highest BCUT2D eigenvalue weighted by atomic mass is 35.5. The molecule has 3 aromatic heterocycles. The number of halogens is 1. The largest absolute Gasteiger partial charge is 0.337 e. The average molecular weight is 421 g/mol. The standard InChI is InChI=1S/C21H17ClN6O2/c1-27-9-23-20-18(27)21(29)28(10-24-20)8-16-25-19(26-30-16)17-14-6-12(7-15(14)17)11-2-4-13(22)5-3-11/h2-6,9-10,14-15,17H,7-8H2,1H3. The molecule has 150 valence electrons. The monoisotopic (exact) mass is 420 g/mol. The number of hydrogen-bond acceptors (Lipinski definition) is 6. The Morgan fingerprint density at radius 2 is 2.00 bits per heavy atom. The summed E-state index contributed by atoms with van der Waals surface area (Å²) in [4.78, 5) is 25.6. The van der Waals surface area contributed by atoms with Gasteiger partial charge in [-0.25, -0.2) is 9.97 Å². The fourth-order valence-corrected chi connectivity index (χ4v) is 4.61. The second kappa shape index (κ2) is 6.37.